The molecule has 0 fully saturated rings. The fourth-order valence-electron chi connectivity index (χ4n) is 3.09. The standard InChI is InChI=1S/C25H27NO5/c1-4-29-24(27)13-11-19-10-12-22(16-21(19)17-28-3)30-15-14-23-18(2)31-25(26-23)20-8-6-5-7-9-20/h5-13,16H,4,14-15,17H2,1-3H3. The molecular weight excluding hydrogens is 394 g/mol. The van der Waals surface area contributed by atoms with Crippen molar-refractivity contribution in [3.05, 3.63) is 77.2 Å². The smallest absolute Gasteiger partial charge is 0.330 e. The average Bonchev–Trinajstić information content (AvgIpc) is 3.15. The number of carbonyl (C=O) groups excluding carboxylic acids is 1. The first-order valence-corrected chi connectivity index (χ1v) is 10.2. The van der Waals surface area contributed by atoms with Crippen LogP contribution in [0.2, 0.25) is 0 Å². The number of carbonyl (C=O) groups is 1. The molecule has 0 spiro atoms. The number of oxazole rings is 1. The van der Waals surface area contributed by atoms with E-state index < -0.39 is 0 Å². The Hall–Kier alpha value is -3.38. The van der Waals surface area contributed by atoms with Gasteiger partial charge in [-0.15, -0.1) is 0 Å². The van der Waals surface area contributed by atoms with Crippen molar-refractivity contribution in [1.29, 1.82) is 0 Å². The molecule has 0 unspecified atom stereocenters. The second-order valence-corrected chi connectivity index (χ2v) is 6.87. The molecule has 0 aliphatic rings. The quantitative estimate of drug-likeness (QED) is 0.339. The molecule has 0 N–H and O–H groups in total. The Morgan fingerprint density at radius 1 is 1.16 bits per heavy atom. The molecule has 1 heterocycles. The summed E-state index contributed by atoms with van der Waals surface area (Å²) in [6.07, 6.45) is 3.77. The van der Waals surface area contributed by atoms with Crippen LogP contribution < -0.4 is 4.74 Å². The van der Waals surface area contributed by atoms with Gasteiger partial charge in [-0.2, -0.15) is 0 Å². The van der Waals surface area contributed by atoms with Gasteiger partial charge in [0, 0.05) is 25.2 Å². The second kappa shape index (κ2) is 11.1. The lowest BCUT2D eigenvalue weighted by Gasteiger charge is -2.10. The number of esters is 1. The van der Waals surface area contributed by atoms with Crippen LogP contribution in [-0.2, 0) is 27.3 Å². The van der Waals surface area contributed by atoms with E-state index in [-0.39, 0.29) is 5.97 Å². The van der Waals surface area contributed by atoms with Gasteiger partial charge in [-0.1, -0.05) is 24.3 Å². The Labute approximate surface area is 182 Å². The fraction of sp³-hybridized carbons (Fsp3) is 0.280. The third-order valence-electron chi connectivity index (χ3n) is 4.62. The van der Waals surface area contributed by atoms with Crippen LogP contribution in [0.3, 0.4) is 0 Å². The largest absolute Gasteiger partial charge is 0.493 e. The van der Waals surface area contributed by atoms with E-state index in [1.54, 1.807) is 20.1 Å². The molecule has 0 amide bonds. The van der Waals surface area contributed by atoms with Gasteiger partial charge in [0.1, 0.15) is 11.5 Å². The number of nitrogens with zero attached hydrogens (tertiary/aromatic N) is 1. The Morgan fingerprint density at radius 2 is 1.97 bits per heavy atom. The zero-order chi connectivity index (χ0) is 22.1. The highest BCUT2D eigenvalue weighted by Crippen LogP contribution is 2.23. The van der Waals surface area contributed by atoms with Gasteiger partial charge in [-0.05, 0) is 55.3 Å². The molecule has 6 nitrogen and oxygen atoms in total. The molecule has 3 aromatic rings. The minimum atomic E-state index is -0.371. The van der Waals surface area contributed by atoms with E-state index in [1.165, 1.54) is 6.08 Å². The molecule has 0 radical (unpaired) electrons. The van der Waals surface area contributed by atoms with Gasteiger partial charge < -0.3 is 18.6 Å². The van der Waals surface area contributed by atoms with E-state index in [0.29, 0.717) is 32.1 Å². The van der Waals surface area contributed by atoms with Crippen LogP contribution in [0.25, 0.3) is 17.5 Å². The van der Waals surface area contributed by atoms with Crippen molar-refractivity contribution in [3.63, 3.8) is 0 Å². The lowest BCUT2D eigenvalue weighted by Crippen LogP contribution is -2.04. The Kier molecular flexibility index (Phi) is 8.01. The number of rotatable bonds is 10. The Balaban J connectivity index is 1.63. The predicted octanol–water partition coefficient (Wildman–Crippen LogP) is 4.99. The molecule has 0 saturated carbocycles. The summed E-state index contributed by atoms with van der Waals surface area (Å²) in [7, 11) is 1.63. The Bertz CT molecular complexity index is 1020. The second-order valence-electron chi connectivity index (χ2n) is 6.87. The first kappa shape index (κ1) is 22.3. The maximum absolute atomic E-state index is 11.6. The van der Waals surface area contributed by atoms with E-state index in [2.05, 4.69) is 4.98 Å². The van der Waals surface area contributed by atoms with Crippen molar-refractivity contribution in [3.8, 4) is 17.2 Å². The number of hydrogen-bond acceptors (Lipinski definition) is 6. The fourth-order valence-corrected chi connectivity index (χ4v) is 3.09. The number of ether oxygens (including phenoxy) is 3. The van der Waals surface area contributed by atoms with Crippen LogP contribution in [0.15, 0.2) is 59.0 Å². The summed E-state index contributed by atoms with van der Waals surface area (Å²) in [6.45, 7) is 4.90. The maximum Gasteiger partial charge on any atom is 0.330 e. The molecule has 0 aliphatic carbocycles. The summed E-state index contributed by atoms with van der Waals surface area (Å²) in [5, 5.41) is 0. The highest BCUT2D eigenvalue weighted by molar-refractivity contribution is 5.87. The molecule has 0 saturated heterocycles. The number of aromatic nitrogens is 1. The first-order valence-electron chi connectivity index (χ1n) is 10.2. The highest BCUT2D eigenvalue weighted by Gasteiger charge is 2.11. The van der Waals surface area contributed by atoms with E-state index >= 15 is 0 Å². The summed E-state index contributed by atoms with van der Waals surface area (Å²) in [5.74, 6) is 1.77. The van der Waals surface area contributed by atoms with Crippen LogP contribution in [0.4, 0.5) is 0 Å². The summed E-state index contributed by atoms with van der Waals surface area (Å²) >= 11 is 0. The van der Waals surface area contributed by atoms with Crippen LogP contribution in [0.1, 0.15) is 29.5 Å². The lowest BCUT2D eigenvalue weighted by molar-refractivity contribution is -0.137. The maximum atomic E-state index is 11.6. The van der Waals surface area contributed by atoms with Gasteiger partial charge in [0.15, 0.2) is 0 Å². The molecule has 0 bridgehead atoms. The van der Waals surface area contributed by atoms with Crippen molar-refractivity contribution < 1.29 is 23.4 Å². The minimum Gasteiger partial charge on any atom is -0.493 e. The molecule has 6 heteroatoms. The zero-order valence-corrected chi connectivity index (χ0v) is 18.1. The predicted molar refractivity (Wildman–Crippen MR) is 119 cm³/mol. The molecule has 0 aliphatic heterocycles. The molecule has 2 aromatic carbocycles. The molecule has 3 rings (SSSR count). The SMILES string of the molecule is CCOC(=O)C=Cc1ccc(OCCc2nc(-c3ccccc3)oc2C)cc1COC. The van der Waals surface area contributed by atoms with Gasteiger partial charge in [0.25, 0.3) is 0 Å². The monoisotopic (exact) mass is 421 g/mol. The third-order valence-corrected chi connectivity index (χ3v) is 4.62. The normalized spacial score (nSPS) is 11.1. The molecular formula is C25H27NO5. The third kappa shape index (κ3) is 6.30. The molecule has 31 heavy (non-hydrogen) atoms. The van der Waals surface area contributed by atoms with Crippen LogP contribution >= 0.6 is 0 Å². The number of benzene rings is 2. The van der Waals surface area contributed by atoms with Gasteiger partial charge in [-0.25, -0.2) is 9.78 Å². The van der Waals surface area contributed by atoms with E-state index in [4.69, 9.17) is 18.6 Å². The summed E-state index contributed by atoms with van der Waals surface area (Å²) in [5.41, 5.74) is 3.63. The summed E-state index contributed by atoms with van der Waals surface area (Å²) < 4.78 is 21.9. The first-order chi connectivity index (χ1) is 15.1. The van der Waals surface area contributed by atoms with Gasteiger partial charge >= 0.3 is 5.97 Å². The molecule has 162 valence electrons. The average molecular weight is 421 g/mol. The number of aryl methyl sites for hydroxylation is 1. The van der Waals surface area contributed by atoms with Crippen molar-refractivity contribution >= 4 is 12.0 Å². The van der Waals surface area contributed by atoms with Gasteiger partial charge in [-0.3, -0.25) is 0 Å². The zero-order valence-electron chi connectivity index (χ0n) is 18.1. The van der Waals surface area contributed by atoms with Crippen molar-refractivity contribution in [1.82, 2.24) is 4.98 Å². The van der Waals surface area contributed by atoms with Crippen LogP contribution in [0.5, 0.6) is 5.75 Å². The van der Waals surface area contributed by atoms with E-state index in [0.717, 1.165) is 33.9 Å². The number of methoxy groups -OCH3 is 1. The summed E-state index contributed by atoms with van der Waals surface area (Å²) in [6, 6.07) is 15.5. The van der Waals surface area contributed by atoms with Gasteiger partial charge in [0.2, 0.25) is 5.89 Å². The highest BCUT2D eigenvalue weighted by atomic mass is 16.5. The number of hydrogen-bond donors (Lipinski definition) is 0. The van der Waals surface area contributed by atoms with E-state index in [1.807, 2.05) is 55.5 Å². The van der Waals surface area contributed by atoms with Crippen LogP contribution in [0, 0.1) is 6.92 Å². The molecule has 1 aromatic heterocycles. The topological polar surface area (TPSA) is 70.8 Å². The Morgan fingerprint density at radius 3 is 2.71 bits per heavy atom. The lowest BCUT2D eigenvalue weighted by atomic mass is 10.1. The van der Waals surface area contributed by atoms with Gasteiger partial charge in [0.05, 0.1) is 25.5 Å². The van der Waals surface area contributed by atoms with Crippen molar-refractivity contribution in [2.45, 2.75) is 26.9 Å². The summed E-state index contributed by atoms with van der Waals surface area (Å²) in [4.78, 5) is 16.2. The van der Waals surface area contributed by atoms with Crippen molar-refractivity contribution in [2.75, 3.05) is 20.3 Å². The van der Waals surface area contributed by atoms with Crippen molar-refractivity contribution in [2.24, 2.45) is 0 Å². The minimum absolute atomic E-state index is 0.346. The molecule has 0 atom stereocenters. The van der Waals surface area contributed by atoms with E-state index in [9.17, 15) is 4.79 Å². The van der Waals surface area contributed by atoms with Crippen LogP contribution in [-0.4, -0.2) is 31.3 Å².